The highest BCUT2D eigenvalue weighted by atomic mass is 32.1. The smallest absolute Gasteiger partial charge is 0.187 e. The molecule has 1 heterocycles. The Morgan fingerprint density at radius 3 is 2.53 bits per heavy atom. The van der Waals surface area contributed by atoms with E-state index in [1.54, 1.807) is 18.4 Å². The molecule has 1 aromatic heterocycles. The van der Waals surface area contributed by atoms with Crippen LogP contribution in [0.25, 0.3) is 0 Å². The summed E-state index contributed by atoms with van der Waals surface area (Å²) in [7, 11) is 1.66. The number of methoxy groups -OCH3 is 1. The molecular formula is C11H12N2OS. The summed E-state index contributed by atoms with van der Waals surface area (Å²) in [6, 6.07) is 7.77. The molecule has 0 unspecified atom stereocenters. The first kappa shape index (κ1) is 9.98. The molecule has 4 heteroatoms. The summed E-state index contributed by atoms with van der Waals surface area (Å²) in [5.41, 5.74) is 1.02. The maximum absolute atomic E-state index is 5.08. The Labute approximate surface area is 92.7 Å². The van der Waals surface area contributed by atoms with E-state index in [-0.39, 0.29) is 0 Å². The zero-order valence-electron chi connectivity index (χ0n) is 8.65. The summed E-state index contributed by atoms with van der Waals surface area (Å²) in [6.07, 6.45) is 1.86. The molecule has 0 saturated heterocycles. The summed E-state index contributed by atoms with van der Waals surface area (Å²) in [6.45, 7) is 2.04. The van der Waals surface area contributed by atoms with Crippen molar-refractivity contribution in [2.75, 3.05) is 12.4 Å². The second-order valence-corrected chi connectivity index (χ2v) is 4.36. The number of nitrogens with one attached hydrogen (secondary N) is 1. The summed E-state index contributed by atoms with van der Waals surface area (Å²) < 4.78 is 5.08. The maximum Gasteiger partial charge on any atom is 0.187 e. The number of hydrogen-bond donors (Lipinski definition) is 1. The second-order valence-electron chi connectivity index (χ2n) is 3.13. The number of rotatable bonds is 3. The first-order chi connectivity index (χ1) is 7.28. The molecule has 0 bridgehead atoms. The Morgan fingerprint density at radius 2 is 2.00 bits per heavy atom. The van der Waals surface area contributed by atoms with Gasteiger partial charge in [-0.05, 0) is 31.2 Å². The first-order valence-electron chi connectivity index (χ1n) is 4.61. The lowest BCUT2D eigenvalue weighted by molar-refractivity contribution is 0.415. The van der Waals surface area contributed by atoms with Crippen molar-refractivity contribution in [1.29, 1.82) is 0 Å². The van der Waals surface area contributed by atoms with Crippen LogP contribution >= 0.6 is 11.3 Å². The van der Waals surface area contributed by atoms with Gasteiger partial charge in [0, 0.05) is 16.8 Å². The van der Waals surface area contributed by atoms with Crippen molar-refractivity contribution in [3.8, 4) is 5.75 Å². The summed E-state index contributed by atoms with van der Waals surface area (Å²) in [4.78, 5) is 5.43. The van der Waals surface area contributed by atoms with Crippen LogP contribution in [0.15, 0.2) is 30.5 Å². The van der Waals surface area contributed by atoms with Crippen LogP contribution < -0.4 is 10.1 Å². The minimum atomic E-state index is 0.857. The molecule has 0 aliphatic heterocycles. The van der Waals surface area contributed by atoms with Crippen molar-refractivity contribution in [3.63, 3.8) is 0 Å². The van der Waals surface area contributed by atoms with Crippen molar-refractivity contribution in [1.82, 2.24) is 4.98 Å². The van der Waals surface area contributed by atoms with Gasteiger partial charge in [-0.2, -0.15) is 0 Å². The van der Waals surface area contributed by atoms with Gasteiger partial charge in [0.25, 0.3) is 0 Å². The van der Waals surface area contributed by atoms with E-state index in [0.717, 1.165) is 16.6 Å². The van der Waals surface area contributed by atoms with E-state index in [2.05, 4.69) is 10.3 Å². The molecule has 78 valence electrons. The average molecular weight is 220 g/mol. The third kappa shape index (κ3) is 2.47. The highest BCUT2D eigenvalue weighted by Gasteiger charge is 1.99. The maximum atomic E-state index is 5.08. The number of ether oxygens (including phenoxy) is 1. The van der Waals surface area contributed by atoms with Crippen molar-refractivity contribution < 1.29 is 4.74 Å². The number of aryl methyl sites for hydroxylation is 1. The third-order valence-electron chi connectivity index (χ3n) is 1.96. The summed E-state index contributed by atoms with van der Waals surface area (Å²) >= 11 is 1.64. The van der Waals surface area contributed by atoms with Crippen LogP contribution in [-0.2, 0) is 0 Å². The second kappa shape index (κ2) is 4.31. The monoisotopic (exact) mass is 220 g/mol. The molecule has 1 N–H and O–H groups in total. The quantitative estimate of drug-likeness (QED) is 0.862. The largest absolute Gasteiger partial charge is 0.497 e. The average Bonchev–Trinajstić information content (AvgIpc) is 2.65. The van der Waals surface area contributed by atoms with Gasteiger partial charge in [-0.15, -0.1) is 11.3 Å². The topological polar surface area (TPSA) is 34.1 Å². The van der Waals surface area contributed by atoms with Crippen molar-refractivity contribution in [3.05, 3.63) is 35.3 Å². The number of aromatic nitrogens is 1. The number of hydrogen-bond acceptors (Lipinski definition) is 4. The lowest BCUT2D eigenvalue weighted by atomic mass is 10.3. The number of benzene rings is 1. The molecule has 0 atom stereocenters. The van der Waals surface area contributed by atoms with Crippen LogP contribution in [0.5, 0.6) is 5.75 Å². The van der Waals surface area contributed by atoms with Gasteiger partial charge in [0.15, 0.2) is 5.13 Å². The molecule has 15 heavy (non-hydrogen) atoms. The fourth-order valence-electron chi connectivity index (χ4n) is 1.21. The molecule has 0 aliphatic rings. The predicted octanol–water partition coefficient (Wildman–Crippen LogP) is 3.20. The Bertz CT molecular complexity index is 436. The van der Waals surface area contributed by atoms with Gasteiger partial charge in [0.2, 0.25) is 0 Å². The van der Waals surface area contributed by atoms with Crippen molar-refractivity contribution in [2.45, 2.75) is 6.92 Å². The fourth-order valence-corrected chi connectivity index (χ4v) is 1.90. The molecule has 0 saturated carbocycles. The third-order valence-corrected chi connectivity index (χ3v) is 2.79. The Kier molecular flexibility index (Phi) is 2.87. The normalized spacial score (nSPS) is 10.0. The SMILES string of the molecule is COc1ccc(Nc2ncc(C)s2)cc1. The number of nitrogens with zero attached hydrogens (tertiary/aromatic N) is 1. The molecule has 2 aromatic rings. The van der Waals surface area contributed by atoms with E-state index in [1.807, 2.05) is 37.4 Å². The highest BCUT2D eigenvalue weighted by molar-refractivity contribution is 7.15. The molecule has 0 aliphatic carbocycles. The molecule has 0 spiro atoms. The van der Waals surface area contributed by atoms with E-state index in [9.17, 15) is 0 Å². The number of anilines is 2. The van der Waals surface area contributed by atoms with Crippen LogP contribution in [0.2, 0.25) is 0 Å². The molecular weight excluding hydrogens is 208 g/mol. The summed E-state index contributed by atoms with van der Waals surface area (Å²) in [5, 5.41) is 4.14. The van der Waals surface area contributed by atoms with Crippen LogP contribution in [-0.4, -0.2) is 12.1 Å². The molecule has 0 amide bonds. The van der Waals surface area contributed by atoms with E-state index in [4.69, 9.17) is 4.74 Å². The van der Waals surface area contributed by atoms with Gasteiger partial charge < -0.3 is 10.1 Å². The van der Waals surface area contributed by atoms with Crippen LogP contribution in [0.1, 0.15) is 4.88 Å². The van der Waals surface area contributed by atoms with Gasteiger partial charge in [-0.3, -0.25) is 0 Å². The Hall–Kier alpha value is -1.55. The van der Waals surface area contributed by atoms with E-state index >= 15 is 0 Å². The summed E-state index contributed by atoms with van der Waals surface area (Å²) in [5.74, 6) is 0.857. The van der Waals surface area contributed by atoms with E-state index in [0.29, 0.717) is 0 Å². The van der Waals surface area contributed by atoms with E-state index in [1.165, 1.54) is 4.88 Å². The fraction of sp³-hybridized carbons (Fsp3) is 0.182. The lowest BCUT2D eigenvalue weighted by Gasteiger charge is -2.03. The number of thiazole rings is 1. The van der Waals surface area contributed by atoms with Gasteiger partial charge in [-0.25, -0.2) is 4.98 Å². The zero-order chi connectivity index (χ0) is 10.7. The standard InChI is InChI=1S/C11H12N2OS/c1-8-7-12-11(15-8)13-9-3-5-10(14-2)6-4-9/h3-7H,1-2H3,(H,12,13). The van der Waals surface area contributed by atoms with Crippen molar-refractivity contribution in [2.24, 2.45) is 0 Å². The first-order valence-corrected chi connectivity index (χ1v) is 5.43. The molecule has 2 rings (SSSR count). The van der Waals surface area contributed by atoms with Gasteiger partial charge in [0.05, 0.1) is 7.11 Å². The van der Waals surface area contributed by atoms with Crippen LogP contribution in [0.3, 0.4) is 0 Å². The molecule has 0 fully saturated rings. The van der Waals surface area contributed by atoms with Gasteiger partial charge in [-0.1, -0.05) is 0 Å². The van der Waals surface area contributed by atoms with Crippen molar-refractivity contribution >= 4 is 22.2 Å². The lowest BCUT2D eigenvalue weighted by Crippen LogP contribution is -1.89. The Morgan fingerprint density at radius 1 is 1.27 bits per heavy atom. The Balaban J connectivity index is 2.11. The molecule has 0 radical (unpaired) electrons. The predicted molar refractivity (Wildman–Crippen MR) is 63.1 cm³/mol. The minimum Gasteiger partial charge on any atom is -0.497 e. The minimum absolute atomic E-state index is 0.857. The van der Waals surface area contributed by atoms with Gasteiger partial charge in [0.1, 0.15) is 5.75 Å². The zero-order valence-corrected chi connectivity index (χ0v) is 9.47. The van der Waals surface area contributed by atoms with E-state index < -0.39 is 0 Å². The molecule has 1 aromatic carbocycles. The van der Waals surface area contributed by atoms with Crippen LogP contribution in [0, 0.1) is 6.92 Å². The van der Waals surface area contributed by atoms with Gasteiger partial charge >= 0.3 is 0 Å². The van der Waals surface area contributed by atoms with Crippen LogP contribution in [0.4, 0.5) is 10.8 Å². The highest BCUT2D eigenvalue weighted by Crippen LogP contribution is 2.23. The molecule has 3 nitrogen and oxygen atoms in total.